The van der Waals surface area contributed by atoms with Crippen molar-refractivity contribution >= 4 is 82.1 Å². The summed E-state index contributed by atoms with van der Waals surface area (Å²) in [5.74, 6) is 0. The molecule has 1 nitrogen and oxygen atoms in total. The molecule has 0 N–H and O–H groups in total. The van der Waals surface area contributed by atoms with Crippen molar-refractivity contribution in [3.63, 3.8) is 0 Å². The topological polar surface area (TPSA) is 4.93 Å². The Balaban J connectivity index is 1.26. The summed E-state index contributed by atoms with van der Waals surface area (Å²) in [6, 6.07) is 74.5. The third-order valence-electron chi connectivity index (χ3n) is 10.5. The van der Waals surface area contributed by atoms with Gasteiger partial charge in [-0.25, -0.2) is 0 Å². The maximum Gasteiger partial charge on any atom is 0.180 e. The summed E-state index contributed by atoms with van der Waals surface area (Å²) in [7, 11) is -2.84. The zero-order valence-electron chi connectivity index (χ0n) is 27.9. The second-order valence-corrected chi connectivity index (χ2v) is 18.1. The van der Waals surface area contributed by atoms with Crippen molar-refractivity contribution in [2.45, 2.75) is 0 Å². The van der Waals surface area contributed by atoms with Crippen LogP contribution in [0.2, 0.25) is 0 Å². The quantitative estimate of drug-likeness (QED) is 0.121. The van der Waals surface area contributed by atoms with Crippen LogP contribution in [-0.4, -0.2) is 12.6 Å². The smallest absolute Gasteiger partial charge is 0.180 e. The molecular weight excluding hydrogens is 651 g/mol. The second kappa shape index (κ2) is 12.1. The number of hydrogen-bond donors (Lipinski definition) is 0. The summed E-state index contributed by atoms with van der Waals surface area (Å²) in [4.78, 5) is 0. The standard InChI is InChI=1S/C48H33NSSi/c1-4-17-36(18-5-1)49-43-26-12-10-24-40(43)42-33-35(30-31-44(42)49)34-16-14-23-39(32-34)51(37-19-6-2-7-20-37,38-21-8-3-9-22-38)47-29-15-28-46-48(47)41-25-11-13-27-45(41)50-46/h1-33H. The fourth-order valence-corrected chi connectivity index (χ4v) is 14.6. The minimum absolute atomic E-state index is 1.18. The van der Waals surface area contributed by atoms with Gasteiger partial charge in [0.05, 0.1) is 11.0 Å². The first-order valence-corrected chi connectivity index (χ1v) is 20.3. The summed E-state index contributed by atoms with van der Waals surface area (Å²) in [6.07, 6.45) is 0. The van der Waals surface area contributed by atoms with Crippen LogP contribution in [0.3, 0.4) is 0 Å². The zero-order chi connectivity index (χ0) is 33.8. The van der Waals surface area contributed by atoms with Crippen molar-refractivity contribution in [3.05, 3.63) is 200 Å². The molecule has 2 heterocycles. The molecule has 0 unspecified atom stereocenters. The fraction of sp³-hybridized carbons (Fsp3) is 0. The summed E-state index contributed by atoms with van der Waals surface area (Å²) < 4.78 is 5.06. The van der Waals surface area contributed by atoms with Crippen LogP contribution in [0.25, 0.3) is 58.8 Å². The molecule has 2 aromatic heterocycles. The monoisotopic (exact) mass is 683 g/mol. The Morgan fingerprint density at radius 1 is 0.373 bits per heavy atom. The van der Waals surface area contributed by atoms with Crippen molar-refractivity contribution in [3.8, 4) is 16.8 Å². The Morgan fingerprint density at radius 3 is 1.71 bits per heavy atom. The molecule has 0 radical (unpaired) electrons. The van der Waals surface area contributed by atoms with E-state index in [-0.39, 0.29) is 0 Å². The van der Waals surface area contributed by atoms with Crippen molar-refractivity contribution in [1.82, 2.24) is 4.57 Å². The Hall–Kier alpha value is -6.00. The van der Waals surface area contributed by atoms with Gasteiger partial charge < -0.3 is 4.57 Å². The molecule has 0 atom stereocenters. The van der Waals surface area contributed by atoms with Crippen LogP contribution in [0.4, 0.5) is 0 Å². The Morgan fingerprint density at radius 2 is 0.941 bits per heavy atom. The highest BCUT2D eigenvalue weighted by Crippen LogP contribution is 2.36. The lowest BCUT2D eigenvalue weighted by Crippen LogP contribution is -2.74. The van der Waals surface area contributed by atoms with Gasteiger partial charge in [-0.3, -0.25) is 0 Å². The van der Waals surface area contributed by atoms with Crippen LogP contribution in [0.1, 0.15) is 0 Å². The van der Waals surface area contributed by atoms with E-state index in [1.54, 1.807) is 0 Å². The molecule has 0 saturated carbocycles. The first kappa shape index (κ1) is 29.9. The molecule has 0 bridgehead atoms. The minimum atomic E-state index is -2.84. The van der Waals surface area contributed by atoms with Crippen LogP contribution in [0, 0.1) is 0 Å². The molecule has 0 saturated heterocycles. The molecular formula is C48H33NSSi. The number of fused-ring (bicyclic) bond motifs is 6. The summed E-state index contributed by atoms with van der Waals surface area (Å²) in [5, 5.41) is 10.9. The van der Waals surface area contributed by atoms with Gasteiger partial charge in [-0.05, 0) is 74.3 Å². The lowest BCUT2D eigenvalue weighted by molar-refractivity contribution is 1.18. The number of aromatic nitrogens is 1. The van der Waals surface area contributed by atoms with E-state index in [2.05, 4.69) is 205 Å². The average molecular weight is 684 g/mol. The molecule has 0 fully saturated rings. The fourth-order valence-electron chi connectivity index (χ4n) is 8.37. The van der Waals surface area contributed by atoms with Gasteiger partial charge in [0.15, 0.2) is 8.07 Å². The number of rotatable bonds is 6. The molecule has 0 aliphatic heterocycles. The molecule has 0 aliphatic rings. The van der Waals surface area contributed by atoms with Gasteiger partial charge in [-0.1, -0.05) is 158 Å². The molecule has 10 rings (SSSR count). The van der Waals surface area contributed by atoms with Crippen molar-refractivity contribution in [2.75, 3.05) is 0 Å². The summed E-state index contributed by atoms with van der Waals surface area (Å²) >= 11 is 1.90. The number of hydrogen-bond acceptors (Lipinski definition) is 1. The maximum absolute atomic E-state index is 2.84. The summed E-state index contributed by atoms with van der Waals surface area (Å²) in [6.45, 7) is 0. The van der Waals surface area contributed by atoms with E-state index in [0.29, 0.717) is 0 Å². The number of benzene rings is 8. The first-order valence-electron chi connectivity index (χ1n) is 17.5. The third-order valence-corrected chi connectivity index (χ3v) is 16.5. The molecule has 10 aromatic rings. The predicted molar refractivity (Wildman–Crippen MR) is 223 cm³/mol. The van der Waals surface area contributed by atoms with Crippen molar-refractivity contribution in [2.24, 2.45) is 0 Å². The lowest BCUT2D eigenvalue weighted by atomic mass is 10.0. The van der Waals surface area contributed by atoms with E-state index in [4.69, 9.17) is 0 Å². The number of thiophene rings is 1. The van der Waals surface area contributed by atoms with E-state index in [9.17, 15) is 0 Å². The van der Waals surface area contributed by atoms with Gasteiger partial charge in [0.2, 0.25) is 0 Å². The van der Waals surface area contributed by atoms with Gasteiger partial charge in [0.25, 0.3) is 0 Å². The largest absolute Gasteiger partial charge is 0.309 e. The Kier molecular flexibility index (Phi) is 7.09. The highest BCUT2D eigenvalue weighted by atomic mass is 32.1. The molecule has 240 valence electrons. The van der Waals surface area contributed by atoms with Gasteiger partial charge in [0.1, 0.15) is 0 Å². The van der Waals surface area contributed by atoms with E-state index in [1.807, 2.05) is 11.3 Å². The molecule has 0 aliphatic carbocycles. The van der Waals surface area contributed by atoms with Crippen LogP contribution in [-0.2, 0) is 0 Å². The molecule has 51 heavy (non-hydrogen) atoms. The predicted octanol–water partition coefficient (Wildman–Crippen LogP) is 10.2. The van der Waals surface area contributed by atoms with Gasteiger partial charge in [0, 0.05) is 36.6 Å². The first-order chi connectivity index (χ1) is 25.3. The van der Waals surface area contributed by atoms with E-state index >= 15 is 0 Å². The molecule has 0 spiro atoms. The van der Waals surface area contributed by atoms with Crippen LogP contribution in [0.15, 0.2) is 200 Å². The van der Waals surface area contributed by atoms with Crippen molar-refractivity contribution < 1.29 is 0 Å². The van der Waals surface area contributed by atoms with Crippen LogP contribution >= 0.6 is 11.3 Å². The van der Waals surface area contributed by atoms with E-state index in [1.165, 1.54) is 79.5 Å². The SMILES string of the molecule is c1ccc(-n2c3ccccc3c3cc(-c4cccc([Si](c5ccccc5)(c5ccccc5)c5cccc6sc7ccccc7c56)c4)ccc32)cc1. The van der Waals surface area contributed by atoms with Crippen LogP contribution < -0.4 is 20.7 Å². The lowest BCUT2D eigenvalue weighted by Gasteiger charge is -2.35. The summed E-state index contributed by atoms with van der Waals surface area (Å²) in [5.41, 5.74) is 6.08. The van der Waals surface area contributed by atoms with Gasteiger partial charge in [-0.15, -0.1) is 11.3 Å². The average Bonchev–Trinajstić information content (AvgIpc) is 3.75. The second-order valence-electron chi connectivity index (χ2n) is 13.3. The highest BCUT2D eigenvalue weighted by molar-refractivity contribution is 7.27. The van der Waals surface area contributed by atoms with Gasteiger partial charge in [-0.2, -0.15) is 0 Å². The molecule has 3 heteroatoms. The van der Waals surface area contributed by atoms with Gasteiger partial charge >= 0.3 is 0 Å². The number of nitrogens with zero attached hydrogens (tertiary/aromatic N) is 1. The Labute approximate surface area is 302 Å². The van der Waals surface area contributed by atoms with E-state index in [0.717, 1.165) is 0 Å². The molecule has 0 amide bonds. The van der Waals surface area contributed by atoms with Crippen LogP contribution in [0.5, 0.6) is 0 Å². The van der Waals surface area contributed by atoms with E-state index < -0.39 is 8.07 Å². The zero-order valence-corrected chi connectivity index (χ0v) is 29.7. The molecule has 8 aromatic carbocycles. The number of para-hydroxylation sites is 2. The Bertz CT molecular complexity index is 2810. The third kappa shape index (κ3) is 4.66. The minimum Gasteiger partial charge on any atom is -0.309 e. The maximum atomic E-state index is 2.50. The van der Waals surface area contributed by atoms with Crippen molar-refractivity contribution in [1.29, 1.82) is 0 Å². The highest BCUT2D eigenvalue weighted by Gasteiger charge is 2.43. The normalized spacial score (nSPS) is 11.9.